The topological polar surface area (TPSA) is 125 Å². The Hall–Kier alpha value is -4.59. The van der Waals surface area contributed by atoms with Gasteiger partial charge in [-0.15, -0.1) is 0 Å². The van der Waals surface area contributed by atoms with E-state index in [0.717, 1.165) is 25.5 Å². The van der Waals surface area contributed by atoms with Crippen LogP contribution in [0.25, 0.3) is 11.1 Å². The molecule has 0 aromatic heterocycles. The Morgan fingerprint density at radius 1 is 1.18 bits per heavy atom. The molecule has 1 amide bonds. The van der Waals surface area contributed by atoms with Crippen molar-refractivity contribution in [2.45, 2.75) is 44.1 Å². The SMILES string of the molecule is C=CC(=O)N1CCN(N2Cc3cc(C#N)c(-c4cc(N)ccc4C(F)(F)F)cc3N=C2OC[C@@H]2CCCN2C)C[C@@H]1CC#N. The fourth-order valence-corrected chi connectivity index (χ4v) is 6.03. The number of fused-ring (bicyclic) bond motifs is 1. The molecule has 3 aliphatic heterocycles. The Morgan fingerprint density at radius 3 is 2.64 bits per heavy atom. The van der Waals surface area contributed by atoms with E-state index < -0.39 is 17.8 Å². The molecule has 3 aliphatic rings. The highest BCUT2D eigenvalue weighted by atomic mass is 19.4. The van der Waals surface area contributed by atoms with Crippen LogP contribution in [0.3, 0.4) is 0 Å². The molecule has 2 aromatic carbocycles. The molecular weight excluding hydrogens is 573 g/mol. The summed E-state index contributed by atoms with van der Waals surface area (Å²) in [5, 5.41) is 23.3. The van der Waals surface area contributed by atoms with Crippen molar-refractivity contribution in [1.82, 2.24) is 19.8 Å². The molecule has 0 spiro atoms. The number of amidine groups is 1. The van der Waals surface area contributed by atoms with E-state index in [1.807, 2.05) is 23.1 Å². The highest BCUT2D eigenvalue weighted by Crippen LogP contribution is 2.42. The van der Waals surface area contributed by atoms with Gasteiger partial charge in [0.05, 0.1) is 48.0 Å². The number of hydrogen-bond acceptors (Lipinski definition) is 9. The summed E-state index contributed by atoms with van der Waals surface area (Å²) in [4.78, 5) is 21.1. The third kappa shape index (κ3) is 6.20. The molecule has 5 rings (SSSR count). The van der Waals surface area contributed by atoms with E-state index >= 15 is 0 Å². The zero-order chi connectivity index (χ0) is 31.6. The summed E-state index contributed by atoms with van der Waals surface area (Å²) in [5.41, 5.74) is 6.04. The summed E-state index contributed by atoms with van der Waals surface area (Å²) in [6.45, 7) is 6.20. The molecular formula is C31H33F3N8O2. The molecule has 2 aromatic rings. The number of nitrogens with zero attached hydrogens (tertiary/aromatic N) is 7. The van der Waals surface area contributed by atoms with Crippen molar-refractivity contribution >= 4 is 23.3 Å². The van der Waals surface area contributed by atoms with Gasteiger partial charge >= 0.3 is 12.2 Å². The summed E-state index contributed by atoms with van der Waals surface area (Å²) in [5.74, 6) is -0.255. The monoisotopic (exact) mass is 606 g/mol. The molecule has 3 heterocycles. The van der Waals surface area contributed by atoms with Crippen LogP contribution in [0.1, 0.15) is 36.0 Å². The van der Waals surface area contributed by atoms with Crippen LogP contribution < -0.4 is 5.73 Å². The van der Waals surface area contributed by atoms with Crippen LogP contribution in [-0.4, -0.2) is 83.7 Å². The molecule has 0 radical (unpaired) electrons. The maximum atomic E-state index is 14.0. The van der Waals surface area contributed by atoms with E-state index in [1.54, 1.807) is 11.0 Å². The third-order valence-electron chi connectivity index (χ3n) is 8.40. The van der Waals surface area contributed by atoms with Crippen LogP contribution in [-0.2, 0) is 22.3 Å². The Labute approximate surface area is 254 Å². The lowest BCUT2D eigenvalue weighted by Gasteiger charge is -2.46. The smallest absolute Gasteiger partial charge is 0.417 e. The van der Waals surface area contributed by atoms with Gasteiger partial charge in [-0.25, -0.2) is 5.01 Å². The summed E-state index contributed by atoms with van der Waals surface area (Å²) in [6, 6.07) is 10.6. The van der Waals surface area contributed by atoms with Crippen molar-refractivity contribution < 1.29 is 22.7 Å². The van der Waals surface area contributed by atoms with E-state index in [9.17, 15) is 28.5 Å². The number of likely N-dealkylation sites (N-methyl/N-ethyl adjacent to an activating group) is 1. The Kier molecular flexibility index (Phi) is 8.81. The lowest BCUT2D eigenvalue weighted by Crippen LogP contribution is -2.61. The Morgan fingerprint density at radius 2 is 1.98 bits per heavy atom. The first-order chi connectivity index (χ1) is 21.0. The highest BCUT2D eigenvalue weighted by Gasteiger charge is 2.37. The van der Waals surface area contributed by atoms with Gasteiger partial charge in [-0.2, -0.15) is 28.7 Å². The van der Waals surface area contributed by atoms with Crippen molar-refractivity contribution in [3.63, 3.8) is 0 Å². The van der Waals surface area contributed by atoms with Crippen LogP contribution in [0, 0.1) is 22.7 Å². The number of hydrogen-bond donors (Lipinski definition) is 1. The second kappa shape index (κ2) is 12.6. The Bertz CT molecular complexity index is 1560. The average Bonchev–Trinajstić information content (AvgIpc) is 3.42. The number of hydrazine groups is 1. The number of alkyl halides is 3. The van der Waals surface area contributed by atoms with Crippen LogP contribution in [0.2, 0.25) is 0 Å². The summed E-state index contributed by atoms with van der Waals surface area (Å²) >= 11 is 0. The van der Waals surface area contributed by atoms with E-state index in [1.165, 1.54) is 24.3 Å². The van der Waals surface area contributed by atoms with Crippen molar-refractivity contribution in [2.24, 2.45) is 4.99 Å². The Balaban J connectivity index is 1.55. The van der Waals surface area contributed by atoms with Crippen molar-refractivity contribution in [2.75, 3.05) is 45.6 Å². The van der Waals surface area contributed by atoms with Gasteiger partial charge in [-0.1, -0.05) is 6.58 Å². The molecule has 13 heteroatoms. The second-order valence-corrected chi connectivity index (χ2v) is 11.1. The minimum atomic E-state index is -4.66. The number of likely N-dealkylation sites (tertiary alicyclic amines) is 1. The van der Waals surface area contributed by atoms with Crippen LogP contribution in [0.5, 0.6) is 0 Å². The maximum Gasteiger partial charge on any atom is 0.417 e. The first kappa shape index (κ1) is 30.9. The van der Waals surface area contributed by atoms with Crippen LogP contribution in [0.15, 0.2) is 48.0 Å². The summed E-state index contributed by atoms with van der Waals surface area (Å²) in [6.07, 6.45) is -1.32. The lowest BCUT2D eigenvalue weighted by atomic mass is 9.92. The third-order valence-corrected chi connectivity index (χ3v) is 8.40. The number of carbonyl (C=O) groups is 1. The predicted octanol–water partition coefficient (Wildman–Crippen LogP) is 4.27. The first-order valence-electron chi connectivity index (χ1n) is 14.3. The normalized spacial score (nSPS) is 20.8. The minimum absolute atomic E-state index is 0.0516. The molecule has 0 saturated carbocycles. The summed E-state index contributed by atoms with van der Waals surface area (Å²) in [7, 11) is 2.03. The number of benzene rings is 2. The second-order valence-electron chi connectivity index (χ2n) is 11.1. The predicted molar refractivity (Wildman–Crippen MR) is 158 cm³/mol. The minimum Gasteiger partial charge on any atom is -0.462 e. The number of halogens is 3. The van der Waals surface area contributed by atoms with Gasteiger partial charge in [-0.3, -0.25) is 9.80 Å². The highest BCUT2D eigenvalue weighted by molar-refractivity contribution is 5.87. The number of amides is 1. The fraction of sp³-hybridized carbons (Fsp3) is 0.419. The van der Waals surface area contributed by atoms with Crippen molar-refractivity contribution in [3.05, 3.63) is 59.7 Å². The number of piperazine rings is 1. The number of nitrogens with two attached hydrogens (primary N) is 1. The van der Waals surface area contributed by atoms with Crippen LogP contribution >= 0.6 is 0 Å². The maximum absolute atomic E-state index is 14.0. The number of ether oxygens (including phenoxy) is 1. The molecule has 0 unspecified atom stereocenters. The lowest BCUT2D eigenvalue weighted by molar-refractivity contribution is -0.137. The number of anilines is 1. The van der Waals surface area contributed by atoms with Crippen LogP contribution in [0.4, 0.5) is 24.5 Å². The van der Waals surface area contributed by atoms with Gasteiger partial charge in [0.1, 0.15) is 6.61 Å². The molecule has 2 N–H and O–H groups in total. The van der Waals surface area contributed by atoms with Gasteiger partial charge in [0, 0.05) is 42.5 Å². The van der Waals surface area contributed by atoms with Gasteiger partial charge in [0.25, 0.3) is 0 Å². The number of carbonyl (C=O) groups excluding carboxylic acids is 1. The fourth-order valence-electron chi connectivity index (χ4n) is 6.03. The molecule has 2 atom stereocenters. The molecule has 2 fully saturated rings. The number of nitriles is 2. The van der Waals surface area contributed by atoms with E-state index in [2.05, 4.69) is 17.5 Å². The van der Waals surface area contributed by atoms with Crippen molar-refractivity contribution in [3.8, 4) is 23.3 Å². The van der Waals surface area contributed by atoms with Gasteiger partial charge < -0.3 is 20.3 Å². The quantitative estimate of drug-likeness (QED) is 0.382. The number of aliphatic imine (C=N–C) groups is 1. The summed E-state index contributed by atoms with van der Waals surface area (Å²) < 4.78 is 48.3. The molecule has 2 saturated heterocycles. The first-order valence-corrected chi connectivity index (χ1v) is 14.3. The zero-order valence-electron chi connectivity index (χ0n) is 24.3. The van der Waals surface area contributed by atoms with Gasteiger partial charge in [0.15, 0.2) is 0 Å². The average molecular weight is 607 g/mol. The zero-order valence-corrected chi connectivity index (χ0v) is 24.3. The van der Waals surface area contributed by atoms with Crippen molar-refractivity contribution in [1.29, 1.82) is 10.5 Å². The molecule has 0 aliphatic carbocycles. The standard InChI is InChI=1S/C31H33F3N8O2/c1-3-29(43)41-12-11-40(18-23(41)8-9-35)42-17-21-13-20(16-36)25(26-14-22(37)6-7-27(26)31(32,33)34)15-28(21)38-30(42)44-19-24-5-4-10-39(24)2/h3,6-7,13-15,23-24H,1,4-5,8,10-12,17-19,37H2,2H3/t23-,24-/m0/s1. The van der Waals surface area contributed by atoms with Gasteiger partial charge in [-0.05, 0) is 68.4 Å². The largest absolute Gasteiger partial charge is 0.462 e. The molecule has 0 bridgehead atoms. The van der Waals surface area contributed by atoms with E-state index in [4.69, 9.17) is 15.5 Å². The van der Waals surface area contributed by atoms with Gasteiger partial charge in [0.2, 0.25) is 5.91 Å². The molecule has 10 nitrogen and oxygen atoms in total. The number of nitrogen functional groups attached to an aromatic ring is 1. The molecule has 230 valence electrons. The van der Waals surface area contributed by atoms with E-state index in [-0.39, 0.29) is 53.3 Å². The molecule has 44 heavy (non-hydrogen) atoms. The van der Waals surface area contributed by atoms with E-state index in [0.29, 0.717) is 37.5 Å². The number of rotatable bonds is 6.